The fraction of sp³-hybridized carbons (Fsp3) is 0.516. The molecular formula is C31H44N4O6. The highest BCUT2D eigenvalue weighted by Crippen LogP contribution is 2.23. The molecule has 0 aromatic heterocycles. The van der Waals surface area contributed by atoms with Crippen LogP contribution < -0.4 is 15.0 Å². The first-order chi connectivity index (χ1) is 19.1. The van der Waals surface area contributed by atoms with Crippen LogP contribution in [0.1, 0.15) is 57.5 Å². The minimum absolute atomic E-state index is 0.206. The molecule has 3 rings (SSSR count). The molecule has 1 aliphatic heterocycles. The third kappa shape index (κ3) is 9.88. The van der Waals surface area contributed by atoms with E-state index < -0.39 is 17.3 Å². The third-order valence-electron chi connectivity index (χ3n) is 6.27. The van der Waals surface area contributed by atoms with E-state index in [0.29, 0.717) is 56.3 Å². The molecule has 1 N–H and O–H groups in total. The molecule has 1 saturated heterocycles. The molecule has 0 bridgehead atoms. The molecule has 224 valence electrons. The van der Waals surface area contributed by atoms with Crippen molar-refractivity contribution in [2.75, 3.05) is 56.6 Å². The smallest absolute Gasteiger partial charge is 0.410 e. The van der Waals surface area contributed by atoms with Gasteiger partial charge in [0.25, 0.3) is 5.91 Å². The Hall–Kier alpha value is -3.95. The maximum absolute atomic E-state index is 12.9. The molecule has 10 heteroatoms. The fourth-order valence-electron chi connectivity index (χ4n) is 4.09. The topological polar surface area (TPSA) is 101 Å². The Kier molecular flexibility index (Phi) is 10.1. The van der Waals surface area contributed by atoms with Crippen molar-refractivity contribution < 1.29 is 28.6 Å². The quantitative estimate of drug-likeness (QED) is 0.467. The molecule has 0 aliphatic carbocycles. The van der Waals surface area contributed by atoms with E-state index in [-0.39, 0.29) is 12.0 Å². The lowest BCUT2D eigenvalue weighted by Gasteiger charge is -2.36. The average Bonchev–Trinajstić information content (AvgIpc) is 2.88. The second kappa shape index (κ2) is 13.1. The van der Waals surface area contributed by atoms with Crippen molar-refractivity contribution in [1.29, 1.82) is 0 Å². The van der Waals surface area contributed by atoms with Crippen molar-refractivity contribution in [1.82, 2.24) is 9.80 Å². The van der Waals surface area contributed by atoms with E-state index in [9.17, 15) is 14.4 Å². The molecule has 10 nitrogen and oxygen atoms in total. The van der Waals surface area contributed by atoms with E-state index in [4.69, 9.17) is 14.2 Å². The number of piperazine rings is 1. The van der Waals surface area contributed by atoms with E-state index in [1.54, 1.807) is 36.2 Å². The summed E-state index contributed by atoms with van der Waals surface area (Å²) in [4.78, 5) is 42.7. The van der Waals surface area contributed by atoms with Crippen molar-refractivity contribution in [3.05, 3.63) is 53.6 Å². The predicted octanol–water partition coefficient (Wildman–Crippen LogP) is 5.55. The molecule has 1 fully saturated rings. The van der Waals surface area contributed by atoms with Gasteiger partial charge in [-0.2, -0.15) is 0 Å². The number of hydrogen-bond donors (Lipinski definition) is 1. The van der Waals surface area contributed by atoms with Crippen molar-refractivity contribution in [3.63, 3.8) is 0 Å². The van der Waals surface area contributed by atoms with Crippen LogP contribution in [-0.4, -0.2) is 85.5 Å². The third-order valence-corrected chi connectivity index (χ3v) is 6.27. The molecule has 0 unspecified atom stereocenters. The van der Waals surface area contributed by atoms with Crippen LogP contribution in [0.25, 0.3) is 0 Å². The lowest BCUT2D eigenvalue weighted by Crippen LogP contribution is -2.50. The number of amides is 3. The van der Waals surface area contributed by atoms with Gasteiger partial charge in [-0.15, -0.1) is 0 Å². The molecule has 0 radical (unpaired) electrons. The predicted molar refractivity (Wildman–Crippen MR) is 160 cm³/mol. The molecule has 0 spiro atoms. The van der Waals surface area contributed by atoms with E-state index in [1.807, 2.05) is 66.7 Å². The molecule has 1 heterocycles. The first-order valence-electron chi connectivity index (χ1n) is 13.9. The van der Waals surface area contributed by atoms with Gasteiger partial charge in [0.05, 0.1) is 6.54 Å². The number of nitrogens with zero attached hydrogens (tertiary/aromatic N) is 3. The summed E-state index contributed by atoms with van der Waals surface area (Å²) in [6.07, 6.45) is -0.686. The molecule has 0 atom stereocenters. The molecule has 2 aromatic carbocycles. The molecule has 2 aromatic rings. The second-order valence-corrected chi connectivity index (χ2v) is 12.2. The summed E-state index contributed by atoms with van der Waals surface area (Å²) in [6, 6.07) is 12.9. The van der Waals surface area contributed by atoms with Crippen LogP contribution in [0.2, 0.25) is 0 Å². The van der Waals surface area contributed by atoms with Crippen molar-refractivity contribution >= 4 is 29.5 Å². The standard InChI is InChI=1S/C31H44N4O6/c1-22-21-25(39-20-19-33(8)28(37)40-30(2,3)4)13-14-26(22)32-27(36)23-9-11-24(12-10-23)34-15-17-35(18-16-34)29(38)41-31(5,6)7/h9-14,21H,15-20H2,1-8H3,(H,32,36). The van der Waals surface area contributed by atoms with Gasteiger partial charge < -0.3 is 34.2 Å². The Morgan fingerprint density at radius 2 is 1.49 bits per heavy atom. The van der Waals surface area contributed by atoms with Gasteiger partial charge >= 0.3 is 12.2 Å². The molecular weight excluding hydrogens is 524 g/mol. The minimum Gasteiger partial charge on any atom is -0.492 e. The molecule has 3 amide bonds. The molecule has 1 aliphatic rings. The number of benzene rings is 2. The van der Waals surface area contributed by atoms with Crippen molar-refractivity contribution in [3.8, 4) is 5.75 Å². The normalized spacial score (nSPS) is 13.9. The number of anilines is 2. The van der Waals surface area contributed by atoms with Crippen LogP contribution in [0.5, 0.6) is 5.75 Å². The number of carbonyl (C=O) groups is 3. The SMILES string of the molecule is Cc1cc(OCCN(C)C(=O)OC(C)(C)C)ccc1NC(=O)c1ccc(N2CCN(C(=O)OC(C)(C)C)CC2)cc1. The summed E-state index contributed by atoms with van der Waals surface area (Å²) in [5.41, 5.74) is 2.03. The van der Waals surface area contributed by atoms with E-state index in [1.165, 1.54) is 4.90 Å². The second-order valence-electron chi connectivity index (χ2n) is 12.2. The highest BCUT2D eigenvalue weighted by Gasteiger charge is 2.26. The summed E-state index contributed by atoms with van der Waals surface area (Å²) in [7, 11) is 1.67. The minimum atomic E-state index is -0.550. The zero-order valence-corrected chi connectivity index (χ0v) is 25.6. The lowest BCUT2D eigenvalue weighted by atomic mass is 10.1. The van der Waals surface area contributed by atoms with E-state index >= 15 is 0 Å². The summed E-state index contributed by atoms with van der Waals surface area (Å²) >= 11 is 0. The van der Waals surface area contributed by atoms with Gasteiger partial charge in [0.15, 0.2) is 0 Å². The van der Waals surface area contributed by atoms with Crippen LogP contribution in [0, 0.1) is 6.92 Å². The van der Waals surface area contributed by atoms with Crippen molar-refractivity contribution in [2.24, 2.45) is 0 Å². The van der Waals surface area contributed by atoms with Crippen LogP contribution in [-0.2, 0) is 9.47 Å². The Morgan fingerprint density at radius 1 is 0.878 bits per heavy atom. The Labute approximate surface area is 243 Å². The number of nitrogens with one attached hydrogen (secondary N) is 1. The fourth-order valence-corrected chi connectivity index (χ4v) is 4.09. The van der Waals surface area contributed by atoms with Crippen LogP contribution in [0.15, 0.2) is 42.5 Å². The average molecular weight is 569 g/mol. The Bertz CT molecular complexity index is 1210. The van der Waals surface area contributed by atoms with Gasteiger partial charge in [-0.1, -0.05) is 0 Å². The highest BCUT2D eigenvalue weighted by atomic mass is 16.6. The Balaban J connectivity index is 1.48. The van der Waals surface area contributed by atoms with E-state index in [2.05, 4.69) is 10.2 Å². The highest BCUT2D eigenvalue weighted by molar-refractivity contribution is 6.04. The number of rotatable bonds is 7. The first kappa shape index (κ1) is 31.6. The molecule has 0 saturated carbocycles. The van der Waals surface area contributed by atoms with Crippen LogP contribution in [0.3, 0.4) is 0 Å². The Morgan fingerprint density at radius 3 is 2.05 bits per heavy atom. The number of carbonyl (C=O) groups excluding carboxylic acids is 3. The summed E-state index contributed by atoms with van der Waals surface area (Å²) in [5.74, 6) is 0.441. The number of ether oxygens (including phenoxy) is 3. The van der Waals surface area contributed by atoms with Crippen LogP contribution in [0.4, 0.5) is 21.0 Å². The summed E-state index contributed by atoms with van der Waals surface area (Å²) in [6.45, 7) is 16.2. The first-order valence-corrected chi connectivity index (χ1v) is 13.9. The zero-order chi connectivity index (χ0) is 30.4. The van der Waals surface area contributed by atoms with Gasteiger partial charge in [0, 0.05) is 50.2 Å². The maximum Gasteiger partial charge on any atom is 0.410 e. The van der Waals surface area contributed by atoms with Gasteiger partial charge in [0.1, 0.15) is 23.6 Å². The molecule has 41 heavy (non-hydrogen) atoms. The number of likely N-dealkylation sites (N-methyl/N-ethyl adjacent to an activating group) is 1. The van der Waals surface area contributed by atoms with Gasteiger partial charge in [-0.25, -0.2) is 9.59 Å². The summed E-state index contributed by atoms with van der Waals surface area (Å²) < 4.78 is 16.6. The van der Waals surface area contributed by atoms with Gasteiger partial charge in [-0.3, -0.25) is 4.79 Å². The van der Waals surface area contributed by atoms with Crippen LogP contribution >= 0.6 is 0 Å². The maximum atomic E-state index is 12.9. The van der Waals surface area contributed by atoms with Crippen molar-refractivity contribution in [2.45, 2.75) is 59.7 Å². The van der Waals surface area contributed by atoms with Gasteiger partial charge in [0.2, 0.25) is 0 Å². The van der Waals surface area contributed by atoms with E-state index in [0.717, 1.165) is 11.3 Å². The lowest BCUT2D eigenvalue weighted by molar-refractivity contribution is 0.0238. The largest absolute Gasteiger partial charge is 0.492 e. The number of hydrogen-bond acceptors (Lipinski definition) is 7. The zero-order valence-electron chi connectivity index (χ0n) is 25.6. The monoisotopic (exact) mass is 568 g/mol. The summed E-state index contributed by atoms with van der Waals surface area (Å²) in [5, 5.41) is 2.96. The van der Waals surface area contributed by atoms with Gasteiger partial charge in [-0.05, 0) is 96.5 Å². The number of aryl methyl sites for hydroxylation is 1.